The zero-order chi connectivity index (χ0) is 19.4. The first-order chi connectivity index (χ1) is 13.5. The number of pyridine rings is 1. The summed E-state index contributed by atoms with van der Waals surface area (Å²) in [5.74, 6) is 0. The Morgan fingerprint density at radius 3 is 2.32 bits per heavy atom. The van der Waals surface area contributed by atoms with Gasteiger partial charge < -0.3 is 4.98 Å². The van der Waals surface area contributed by atoms with Gasteiger partial charge in [-0.3, -0.25) is 13.9 Å². The number of aryl methyl sites for hydroxylation is 1. The summed E-state index contributed by atoms with van der Waals surface area (Å²) in [6.45, 7) is 0. The van der Waals surface area contributed by atoms with Crippen LogP contribution < -0.4 is 11.2 Å². The number of hydrogen-bond donors (Lipinski definition) is 1. The minimum absolute atomic E-state index is 0.303. The van der Waals surface area contributed by atoms with Crippen LogP contribution in [0.5, 0.6) is 0 Å². The Morgan fingerprint density at radius 1 is 0.857 bits per heavy atom. The van der Waals surface area contributed by atoms with Crippen molar-refractivity contribution >= 4 is 44.6 Å². The van der Waals surface area contributed by atoms with E-state index >= 15 is 0 Å². The average Bonchev–Trinajstić information content (AvgIpc) is 3.15. The van der Waals surface area contributed by atoms with E-state index in [1.807, 2.05) is 36.4 Å². The number of aromatic amines is 1. The van der Waals surface area contributed by atoms with Crippen molar-refractivity contribution in [2.45, 2.75) is 10.2 Å². The molecule has 28 heavy (non-hydrogen) atoms. The summed E-state index contributed by atoms with van der Waals surface area (Å²) in [4.78, 5) is 36.9. The lowest BCUT2D eigenvalue weighted by molar-refractivity contribution is 0.708. The molecule has 0 saturated carbocycles. The molecular formula is C20H15N5O2S. The van der Waals surface area contributed by atoms with E-state index in [4.69, 9.17) is 4.98 Å². The molecule has 1 N–H and O–H groups in total. The molecule has 0 amide bonds. The summed E-state index contributed by atoms with van der Waals surface area (Å²) >= 11 is 1.35. The fourth-order valence-electron chi connectivity index (χ4n) is 3.40. The minimum Gasteiger partial charge on any atom is -0.327 e. The molecule has 3 aromatic heterocycles. The molecule has 0 aliphatic carbocycles. The Balaban J connectivity index is 1.74. The first-order valence-electron chi connectivity index (χ1n) is 8.65. The van der Waals surface area contributed by atoms with E-state index in [0.29, 0.717) is 16.3 Å². The summed E-state index contributed by atoms with van der Waals surface area (Å²) in [6.07, 6.45) is 0. The van der Waals surface area contributed by atoms with Crippen LogP contribution in [0.15, 0.2) is 68.3 Å². The monoisotopic (exact) mass is 389 g/mol. The third-order valence-electron chi connectivity index (χ3n) is 4.84. The average molecular weight is 389 g/mol. The largest absolute Gasteiger partial charge is 0.332 e. The number of nitrogens with one attached hydrogen (secondary N) is 1. The highest BCUT2D eigenvalue weighted by Crippen LogP contribution is 2.34. The van der Waals surface area contributed by atoms with Crippen LogP contribution >= 0.6 is 11.8 Å². The number of hydrogen-bond acceptors (Lipinski definition) is 5. The van der Waals surface area contributed by atoms with Gasteiger partial charge in [0, 0.05) is 24.9 Å². The van der Waals surface area contributed by atoms with Crippen molar-refractivity contribution in [3.63, 3.8) is 0 Å². The Hall–Kier alpha value is -3.39. The van der Waals surface area contributed by atoms with Crippen LogP contribution in [0.4, 0.5) is 0 Å². The second-order valence-electron chi connectivity index (χ2n) is 6.53. The molecule has 0 unspecified atom stereocenters. The van der Waals surface area contributed by atoms with Crippen LogP contribution in [0.1, 0.15) is 0 Å². The second kappa shape index (κ2) is 6.07. The predicted octanol–water partition coefficient (Wildman–Crippen LogP) is 2.81. The highest BCUT2D eigenvalue weighted by atomic mass is 32.2. The Bertz CT molecular complexity index is 1510. The lowest BCUT2D eigenvalue weighted by atomic mass is 10.1. The molecule has 2 aromatic carbocycles. The molecule has 0 atom stereocenters. The van der Waals surface area contributed by atoms with Crippen LogP contribution in [-0.2, 0) is 14.1 Å². The van der Waals surface area contributed by atoms with E-state index < -0.39 is 11.2 Å². The van der Waals surface area contributed by atoms with Gasteiger partial charge in [0.2, 0.25) is 0 Å². The van der Waals surface area contributed by atoms with Crippen molar-refractivity contribution in [3.05, 3.63) is 69.4 Å². The van der Waals surface area contributed by atoms with E-state index in [-0.39, 0.29) is 0 Å². The van der Waals surface area contributed by atoms with Gasteiger partial charge in [-0.2, -0.15) is 0 Å². The zero-order valence-corrected chi connectivity index (χ0v) is 15.9. The standard InChI is InChI=1S/C20H15N5O2S/c1-24-16-15(18(26)25(2)20(24)27)22-19(23-16)28-17-13-9-4-3-7-11(13)12-8-5-6-10-14(12)21-17/h3-10H,1-2H3,(H,22,23). The van der Waals surface area contributed by atoms with Crippen molar-refractivity contribution in [3.8, 4) is 0 Å². The van der Waals surface area contributed by atoms with E-state index in [1.54, 1.807) is 7.05 Å². The first-order valence-corrected chi connectivity index (χ1v) is 9.47. The number of aromatic nitrogens is 5. The normalized spacial score (nSPS) is 11.6. The first kappa shape index (κ1) is 16.8. The highest BCUT2D eigenvalue weighted by Gasteiger charge is 2.16. The minimum atomic E-state index is -0.408. The van der Waals surface area contributed by atoms with Crippen molar-refractivity contribution in [1.82, 2.24) is 24.1 Å². The molecule has 138 valence electrons. The second-order valence-corrected chi connectivity index (χ2v) is 7.51. The van der Waals surface area contributed by atoms with Gasteiger partial charge in [0.15, 0.2) is 16.3 Å². The molecule has 5 rings (SSSR count). The van der Waals surface area contributed by atoms with Gasteiger partial charge in [-0.1, -0.05) is 42.5 Å². The third-order valence-corrected chi connectivity index (χ3v) is 5.73. The van der Waals surface area contributed by atoms with Crippen LogP contribution in [0.25, 0.3) is 32.8 Å². The van der Waals surface area contributed by atoms with Crippen LogP contribution in [0.2, 0.25) is 0 Å². The van der Waals surface area contributed by atoms with Crippen LogP contribution in [-0.4, -0.2) is 24.1 Å². The molecular weight excluding hydrogens is 374 g/mol. The summed E-state index contributed by atoms with van der Waals surface area (Å²) in [7, 11) is 3.05. The van der Waals surface area contributed by atoms with E-state index in [1.165, 1.54) is 23.4 Å². The van der Waals surface area contributed by atoms with E-state index in [2.05, 4.69) is 22.1 Å². The molecule has 0 fully saturated rings. The lowest BCUT2D eigenvalue weighted by Crippen LogP contribution is -2.36. The van der Waals surface area contributed by atoms with Crippen LogP contribution in [0.3, 0.4) is 0 Å². The van der Waals surface area contributed by atoms with Gasteiger partial charge in [0.25, 0.3) is 5.56 Å². The number of benzene rings is 2. The van der Waals surface area contributed by atoms with Crippen molar-refractivity contribution in [1.29, 1.82) is 0 Å². The maximum absolute atomic E-state index is 12.4. The van der Waals surface area contributed by atoms with Gasteiger partial charge in [0.05, 0.1) is 5.52 Å². The number of para-hydroxylation sites is 1. The van der Waals surface area contributed by atoms with Gasteiger partial charge in [-0.15, -0.1) is 0 Å². The molecule has 0 bridgehead atoms. The van der Waals surface area contributed by atoms with Gasteiger partial charge in [-0.25, -0.2) is 14.8 Å². The fraction of sp³-hybridized carbons (Fsp3) is 0.100. The Labute approximate surface area is 162 Å². The molecule has 0 saturated heterocycles. The van der Waals surface area contributed by atoms with Crippen molar-refractivity contribution in [2.75, 3.05) is 0 Å². The third kappa shape index (κ3) is 2.38. The molecule has 8 heteroatoms. The number of H-pyrrole nitrogens is 1. The molecule has 0 radical (unpaired) electrons. The lowest BCUT2D eigenvalue weighted by Gasteiger charge is -2.07. The maximum Gasteiger partial charge on any atom is 0.332 e. The summed E-state index contributed by atoms with van der Waals surface area (Å²) in [5.41, 5.74) is 0.727. The van der Waals surface area contributed by atoms with Crippen molar-refractivity contribution < 1.29 is 0 Å². The Morgan fingerprint density at radius 2 is 1.54 bits per heavy atom. The molecule has 7 nitrogen and oxygen atoms in total. The van der Waals surface area contributed by atoms with Crippen molar-refractivity contribution in [2.24, 2.45) is 14.1 Å². The van der Waals surface area contributed by atoms with Gasteiger partial charge in [0.1, 0.15) is 5.03 Å². The highest BCUT2D eigenvalue weighted by molar-refractivity contribution is 7.99. The maximum atomic E-state index is 12.4. The topological polar surface area (TPSA) is 85.6 Å². The molecule has 0 aliphatic rings. The number of imidazole rings is 1. The number of fused-ring (bicyclic) bond motifs is 4. The van der Waals surface area contributed by atoms with E-state index in [0.717, 1.165) is 31.3 Å². The summed E-state index contributed by atoms with van der Waals surface area (Å²) in [6, 6.07) is 16.1. The van der Waals surface area contributed by atoms with E-state index in [9.17, 15) is 9.59 Å². The quantitative estimate of drug-likeness (QED) is 0.469. The predicted molar refractivity (Wildman–Crippen MR) is 110 cm³/mol. The molecule has 0 spiro atoms. The molecule has 5 aromatic rings. The smallest absolute Gasteiger partial charge is 0.327 e. The van der Waals surface area contributed by atoms with Crippen LogP contribution in [0, 0.1) is 0 Å². The van der Waals surface area contributed by atoms with Gasteiger partial charge in [-0.05, 0) is 23.2 Å². The van der Waals surface area contributed by atoms with Gasteiger partial charge >= 0.3 is 5.69 Å². The summed E-state index contributed by atoms with van der Waals surface area (Å²) < 4.78 is 2.43. The SMILES string of the molecule is Cn1c(=O)c2[nH]c(Sc3nc4ccccc4c4ccccc34)nc2n(C)c1=O. The number of rotatable bonds is 2. The summed E-state index contributed by atoms with van der Waals surface area (Å²) in [5, 5.41) is 4.50. The fourth-order valence-corrected chi connectivity index (χ4v) is 4.30. The molecule has 0 aliphatic heterocycles. The Kier molecular flexibility index (Phi) is 3.63. The zero-order valence-electron chi connectivity index (χ0n) is 15.1. The number of nitrogens with zero attached hydrogens (tertiary/aromatic N) is 4. The molecule has 3 heterocycles.